The van der Waals surface area contributed by atoms with E-state index in [0.717, 1.165) is 19.4 Å². The van der Waals surface area contributed by atoms with Crippen LogP contribution in [0.5, 0.6) is 0 Å². The summed E-state index contributed by atoms with van der Waals surface area (Å²) in [4.78, 5) is 1.67. The van der Waals surface area contributed by atoms with E-state index >= 15 is 0 Å². The number of unbranched alkanes of at least 4 members (excludes halogenated alkanes) is 1. The first-order valence-corrected chi connectivity index (χ1v) is 7.47. The fraction of sp³-hybridized carbons (Fsp3) is 1.00. The van der Waals surface area contributed by atoms with Gasteiger partial charge in [0.1, 0.15) is 23.9 Å². The molecule has 0 saturated carbocycles. The zero-order chi connectivity index (χ0) is 13.3. The first-order chi connectivity index (χ1) is 8.57. The smallest absolute Gasteiger partial charge is 0.138 e. The average Bonchev–Trinajstić information content (AvgIpc) is 2.78. The molecule has 2 heterocycles. The van der Waals surface area contributed by atoms with Crippen molar-refractivity contribution in [3.8, 4) is 0 Å². The molecule has 0 amide bonds. The van der Waals surface area contributed by atoms with Crippen LogP contribution in [0.3, 0.4) is 0 Å². The highest BCUT2D eigenvalue weighted by Gasteiger charge is 2.52. The van der Waals surface area contributed by atoms with Gasteiger partial charge in [0, 0.05) is 5.75 Å². The van der Waals surface area contributed by atoms with Gasteiger partial charge in [0.05, 0.1) is 12.1 Å². The maximum Gasteiger partial charge on any atom is 0.138 e. The third-order valence-corrected chi connectivity index (χ3v) is 4.89. The molecule has 0 aromatic heterocycles. The van der Waals surface area contributed by atoms with Crippen LogP contribution in [0.1, 0.15) is 19.8 Å². The highest BCUT2D eigenvalue weighted by molar-refractivity contribution is 8.00. The lowest BCUT2D eigenvalue weighted by atomic mass is 9.94. The molecule has 1 unspecified atom stereocenters. The summed E-state index contributed by atoms with van der Waals surface area (Å²) in [5.74, 6) is 0.631. The lowest BCUT2D eigenvalue weighted by Crippen LogP contribution is -2.67. The maximum absolute atomic E-state index is 10.0. The predicted octanol–water partition coefficient (Wildman–Crippen LogP) is -1.51. The van der Waals surface area contributed by atoms with Crippen LogP contribution in [-0.2, 0) is 0 Å². The van der Waals surface area contributed by atoms with Gasteiger partial charge in [-0.3, -0.25) is 5.32 Å². The van der Waals surface area contributed by atoms with Crippen LogP contribution in [0.25, 0.3) is 0 Å². The number of hydrogen-bond donors (Lipinski definition) is 5. The summed E-state index contributed by atoms with van der Waals surface area (Å²) in [6.45, 7) is 2.94. The van der Waals surface area contributed by atoms with Crippen molar-refractivity contribution in [3.63, 3.8) is 0 Å². The second kappa shape index (κ2) is 6.04. The molecule has 106 valence electrons. The average molecular weight is 278 g/mol. The minimum Gasteiger partial charge on any atom is -0.389 e. The van der Waals surface area contributed by atoms with Crippen molar-refractivity contribution in [2.45, 2.75) is 55.8 Å². The van der Waals surface area contributed by atoms with Crippen LogP contribution >= 0.6 is 11.8 Å². The van der Waals surface area contributed by atoms with Gasteiger partial charge in [0.25, 0.3) is 0 Å². The fourth-order valence-electron chi connectivity index (χ4n) is 2.49. The highest BCUT2D eigenvalue weighted by Crippen LogP contribution is 2.36. The molecule has 0 aliphatic carbocycles. The summed E-state index contributed by atoms with van der Waals surface area (Å²) in [6, 6.07) is -0.317. The lowest BCUT2D eigenvalue weighted by Gasteiger charge is -2.45. The molecule has 6 nitrogen and oxygen atoms in total. The Morgan fingerprint density at radius 1 is 1.17 bits per heavy atom. The number of nitrogens with zero attached hydrogens (tertiary/aromatic N) is 1. The van der Waals surface area contributed by atoms with Gasteiger partial charge in [0.15, 0.2) is 0 Å². The molecule has 2 aliphatic rings. The van der Waals surface area contributed by atoms with E-state index in [2.05, 4.69) is 12.2 Å². The molecule has 0 radical (unpaired) electrons. The van der Waals surface area contributed by atoms with Gasteiger partial charge in [-0.1, -0.05) is 13.3 Å². The molecule has 2 rings (SSSR count). The number of hydrogen-bond acceptors (Lipinski definition) is 7. The quantitative estimate of drug-likeness (QED) is 0.399. The van der Waals surface area contributed by atoms with E-state index in [4.69, 9.17) is 0 Å². The SMILES string of the molecule is CCCCNC1SC[C@@H]2[C@H](O)[C@H](O)[C@@H](O)[C@H](O)N12. The van der Waals surface area contributed by atoms with E-state index in [0.29, 0.717) is 5.75 Å². The van der Waals surface area contributed by atoms with Gasteiger partial charge >= 0.3 is 0 Å². The summed E-state index contributed by atoms with van der Waals surface area (Å²) >= 11 is 1.58. The second-order valence-electron chi connectivity index (χ2n) is 4.89. The van der Waals surface area contributed by atoms with Crippen LogP contribution in [0.15, 0.2) is 0 Å². The van der Waals surface area contributed by atoms with Gasteiger partial charge in [0.2, 0.25) is 0 Å². The third-order valence-electron chi connectivity index (χ3n) is 3.63. The van der Waals surface area contributed by atoms with Crippen LogP contribution in [0.2, 0.25) is 0 Å². The predicted molar refractivity (Wildman–Crippen MR) is 68.8 cm³/mol. The lowest BCUT2D eigenvalue weighted by molar-refractivity contribution is -0.214. The number of piperidine rings is 1. The maximum atomic E-state index is 10.0. The molecule has 5 N–H and O–H groups in total. The van der Waals surface area contributed by atoms with Crippen molar-refractivity contribution in [1.82, 2.24) is 10.2 Å². The van der Waals surface area contributed by atoms with E-state index in [1.807, 2.05) is 0 Å². The molecular formula is C11H22N2O4S. The molecule has 18 heavy (non-hydrogen) atoms. The Bertz CT molecular complexity index is 284. The third kappa shape index (κ3) is 2.53. The molecule has 0 aromatic carbocycles. The van der Waals surface area contributed by atoms with Crippen molar-refractivity contribution < 1.29 is 20.4 Å². The summed E-state index contributed by atoms with van der Waals surface area (Å²) in [5, 5.41) is 42.6. The first-order valence-electron chi connectivity index (χ1n) is 6.42. The number of aliphatic hydroxyl groups excluding tert-OH is 4. The Kier molecular flexibility index (Phi) is 4.87. The van der Waals surface area contributed by atoms with E-state index in [9.17, 15) is 20.4 Å². The summed E-state index contributed by atoms with van der Waals surface area (Å²) in [6.07, 6.45) is -2.64. The standard InChI is InChI=1S/C11H22N2O4S/c1-2-3-4-12-11-13-6(5-18-11)7(14)8(15)9(16)10(13)17/h6-12,14-17H,2-5H2,1H3/t6-,7+,8+,9-,10+,11?/m1/s1. The monoisotopic (exact) mass is 278 g/mol. The van der Waals surface area contributed by atoms with E-state index < -0.39 is 24.5 Å². The zero-order valence-corrected chi connectivity index (χ0v) is 11.3. The Balaban J connectivity index is 2.02. The van der Waals surface area contributed by atoms with Crippen molar-refractivity contribution in [2.75, 3.05) is 12.3 Å². The Hall–Kier alpha value is 0.110. The fourth-order valence-corrected chi connectivity index (χ4v) is 3.93. The van der Waals surface area contributed by atoms with Crippen LogP contribution in [0, 0.1) is 0 Å². The van der Waals surface area contributed by atoms with Crippen LogP contribution in [-0.4, -0.2) is 73.7 Å². The van der Waals surface area contributed by atoms with Gasteiger partial charge in [-0.25, -0.2) is 4.90 Å². The first kappa shape index (κ1) is 14.5. The molecule has 7 heteroatoms. The minimum atomic E-state index is -1.33. The van der Waals surface area contributed by atoms with Crippen LogP contribution in [0.4, 0.5) is 0 Å². The Morgan fingerprint density at radius 3 is 2.56 bits per heavy atom. The molecule has 2 aliphatic heterocycles. The largest absolute Gasteiger partial charge is 0.389 e. The summed E-state index contributed by atoms with van der Waals surface area (Å²) < 4.78 is 0. The molecular weight excluding hydrogens is 256 g/mol. The molecule has 6 atom stereocenters. The van der Waals surface area contributed by atoms with Gasteiger partial charge in [-0.2, -0.15) is 0 Å². The molecule has 0 spiro atoms. The molecule has 0 bridgehead atoms. The number of nitrogens with one attached hydrogen (secondary N) is 1. The topological polar surface area (TPSA) is 96.2 Å². The van der Waals surface area contributed by atoms with E-state index in [1.165, 1.54) is 0 Å². The zero-order valence-electron chi connectivity index (χ0n) is 10.4. The van der Waals surface area contributed by atoms with E-state index in [-0.39, 0.29) is 11.5 Å². The molecule has 2 fully saturated rings. The summed E-state index contributed by atoms with van der Waals surface area (Å²) in [5.41, 5.74) is -0.117. The summed E-state index contributed by atoms with van der Waals surface area (Å²) in [7, 11) is 0. The Labute approximate surface area is 111 Å². The van der Waals surface area contributed by atoms with Crippen molar-refractivity contribution in [3.05, 3.63) is 0 Å². The highest BCUT2D eigenvalue weighted by atomic mass is 32.2. The molecule has 2 saturated heterocycles. The van der Waals surface area contributed by atoms with Crippen LogP contribution < -0.4 is 5.32 Å². The van der Waals surface area contributed by atoms with E-state index in [1.54, 1.807) is 16.7 Å². The minimum absolute atomic E-state index is 0.117. The number of aliphatic hydroxyl groups is 4. The van der Waals surface area contributed by atoms with Gasteiger partial charge in [-0.05, 0) is 13.0 Å². The molecule has 0 aromatic rings. The van der Waals surface area contributed by atoms with Gasteiger partial charge in [-0.15, -0.1) is 11.8 Å². The number of fused-ring (bicyclic) bond motifs is 1. The normalized spacial score (nSPS) is 45.2. The number of rotatable bonds is 4. The second-order valence-corrected chi connectivity index (χ2v) is 6.01. The number of thioether (sulfide) groups is 1. The Morgan fingerprint density at radius 2 is 1.89 bits per heavy atom. The van der Waals surface area contributed by atoms with Crippen molar-refractivity contribution in [2.24, 2.45) is 0 Å². The van der Waals surface area contributed by atoms with Crippen molar-refractivity contribution in [1.29, 1.82) is 0 Å². The van der Waals surface area contributed by atoms with Gasteiger partial charge < -0.3 is 20.4 Å². The van der Waals surface area contributed by atoms with Crippen molar-refractivity contribution >= 4 is 11.8 Å².